The number of piperidine rings is 1. The fraction of sp³-hybridized carbons (Fsp3) is 0.588. The average Bonchev–Trinajstić information content (AvgIpc) is 3.44. The first-order valence-electron chi connectivity index (χ1n) is 8.55. The molecule has 0 spiro atoms. The van der Waals surface area contributed by atoms with E-state index in [1.165, 1.54) is 12.1 Å². The molecular weight excluding hydrogens is 362 g/mol. The molecule has 0 radical (unpaired) electrons. The first-order chi connectivity index (χ1) is 11.5. The molecule has 0 unspecified atom stereocenters. The van der Waals surface area contributed by atoms with E-state index >= 15 is 0 Å². The van der Waals surface area contributed by atoms with E-state index in [9.17, 15) is 13.2 Å². The zero-order valence-corrected chi connectivity index (χ0v) is 16.0. The van der Waals surface area contributed by atoms with Crippen LogP contribution in [0.15, 0.2) is 29.2 Å². The summed E-state index contributed by atoms with van der Waals surface area (Å²) in [5.74, 6) is 0.344. The molecule has 1 aliphatic carbocycles. The lowest BCUT2D eigenvalue weighted by Crippen LogP contribution is -2.44. The monoisotopic (exact) mass is 387 g/mol. The molecule has 1 amide bonds. The second-order valence-corrected chi connectivity index (χ2v) is 8.49. The second-order valence-electron chi connectivity index (χ2n) is 6.72. The highest BCUT2D eigenvalue weighted by Crippen LogP contribution is 2.28. The minimum atomic E-state index is -3.55. The molecule has 2 aliphatic rings. The van der Waals surface area contributed by atoms with Crippen LogP contribution in [-0.4, -0.2) is 51.9 Å². The van der Waals surface area contributed by atoms with Crippen molar-refractivity contribution in [1.82, 2.24) is 14.9 Å². The van der Waals surface area contributed by atoms with Gasteiger partial charge in [-0.2, -0.15) is 0 Å². The van der Waals surface area contributed by atoms with Crippen LogP contribution in [0.25, 0.3) is 0 Å². The van der Waals surface area contributed by atoms with Gasteiger partial charge in [0, 0.05) is 25.2 Å². The van der Waals surface area contributed by atoms with Crippen LogP contribution in [0.2, 0.25) is 0 Å². The maximum Gasteiger partial charge on any atom is 0.253 e. The minimum absolute atomic E-state index is 0. The molecule has 0 aromatic heterocycles. The van der Waals surface area contributed by atoms with Crippen LogP contribution in [-0.2, 0) is 10.0 Å². The van der Waals surface area contributed by atoms with E-state index in [1.807, 2.05) is 0 Å². The lowest BCUT2D eigenvalue weighted by Gasteiger charge is -2.31. The molecule has 2 fully saturated rings. The quantitative estimate of drug-likeness (QED) is 0.777. The van der Waals surface area contributed by atoms with Crippen LogP contribution in [0.1, 0.15) is 36.0 Å². The Balaban J connectivity index is 0.00000225. The predicted molar refractivity (Wildman–Crippen MR) is 99.6 cm³/mol. The van der Waals surface area contributed by atoms with Gasteiger partial charge in [-0.3, -0.25) is 4.79 Å². The van der Waals surface area contributed by atoms with E-state index in [0.717, 1.165) is 38.8 Å². The molecule has 2 N–H and O–H groups in total. The number of carbonyl (C=O) groups excluding carboxylic acids is 1. The van der Waals surface area contributed by atoms with Crippen molar-refractivity contribution in [3.05, 3.63) is 29.8 Å². The van der Waals surface area contributed by atoms with Gasteiger partial charge in [-0.05, 0) is 62.9 Å². The van der Waals surface area contributed by atoms with Crippen LogP contribution in [0.5, 0.6) is 0 Å². The maximum absolute atomic E-state index is 12.7. The molecule has 8 heteroatoms. The Bertz CT molecular complexity index is 701. The number of carbonyl (C=O) groups is 1. The summed E-state index contributed by atoms with van der Waals surface area (Å²) in [4.78, 5) is 14.6. The van der Waals surface area contributed by atoms with Crippen molar-refractivity contribution in [1.29, 1.82) is 0 Å². The highest BCUT2D eigenvalue weighted by molar-refractivity contribution is 7.89. The number of halogens is 1. The number of sulfonamides is 1. The number of hydrogen-bond acceptors (Lipinski definition) is 4. The number of nitrogens with one attached hydrogen (secondary N) is 2. The van der Waals surface area contributed by atoms with Gasteiger partial charge < -0.3 is 10.2 Å². The normalized spacial score (nSPS) is 18.4. The van der Waals surface area contributed by atoms with Gasteiger partial charge in [0.25, 0.3) is 5.91 Å². The molecule has 1 saturated heterocycles. The van der Waals surface area contributed by atoms with Crippen LogP contribution in [0.3, 0.4) is 0 Å². The smallest absolute Gasteiger partial charge is 0.253 e. The summed E-state index contributed by atoms with van der Waals surface area (Å²) >= 11 is 0. The summed E-state index contributed by atoms with van der Waals surface area (Å²) in [6, 6.07) is 6.53. The Labute approximate surface area is 155 Å². The fourth-order valence-electron chi connectivity index (χ4n) is 2.99. The van der Waals surface area contributed by atoms with Gasteiger partial charge in [0.05, 0.1) is 4.90 Å². The first-order valence-corrected chi connectivity index (χ1v) is 10.0. The summed E-state index contributed by atoms with van der Waals surface area (Å²) in [7, 11) is -1.76. The molecule has 0 atom stereocenters. The van der Waals surface area contributed by atoms with Gasteiger partial charge in [-0.1, -0.05) is 6.07 Å². The lowest BCUT2D eigenvalue weighted by molar-refractivity contribution is 0.0703. The zero-order valence-electron chi connectivity index (χ0n) is 14.4. The third-order valence-corrected chi connectivity index (χ3v) is 6.25. The summed E-state index contributed by atoms with van der Waals surface area (Å²) in [6.45, 7) is 2.29. The summed E-state index contributed by atoms with van der Waals surface area (Å²) in [6.07, 6.45) is 4.01. The molecule has 0 bridgehead atoms. The average molecular weight is 388 g/mol. The van der Waals surface area contributed by atoms with Gasteiger partial charge in [0.15, 0.2) is 0 Å². The van der Waals surface area contributed by atoms with Crippen LogP contribution in [0, 0.1) is 5.92 Å². The van der Waals surface area contributed by atoms with Crippen LogP contribution >= 0.6 is 12.4 Å². The van der Waals surface area contributed by atoms with Crippen molar-refractivity contribution in [2.45, 2.75) is 36.6 Å². The van der Waals surface area contributed by atoms with E-state index in [1.54, 1.807) is 24.1 Å². The number of nitrogens with zero attached hydrogens (tertiary/aromatic N) is 1. The Morgan fingerprint density at radius 3 is 2.56 bits per heavy atom. The van der Waals surface area contributed by atoms with Gasteiger partial charge >= 0.3 is 0 Å². The number of amides is 1. The molecule has 1 aromatic rings. The highest BCUT2D eigenvalue weighted by Gasteiger charge is 2.26. The summed E-state index contributed by atoms with van der Waals surface area (Å²) < 4.78 is 27.4. The van der Waals surface area contributed by atoms with Crippen molar-refractivity contribution in [3.8, 4) is 0 Å². The van der Waals surface area contributed by atoms with Crippen molar-refractivity contribution >= 4 is 28.3 Å². The molecule has 25 heavy (non-hydrogen) atoms. The lowest BCUT2D eigenvalue weighted by atomic mass is 10.0. The van der Waals surface area contributed by atoms with Crippen molar-refractivity contribution in [2.24, 2.45) is 5.92 Å². The second kappa shape index (κ2) is 8.49. The fourth-order valence-corrected chi connectivity index (χ4v) is 4.15. The zero-order chi connectivity index (χ0) is 17.2. The molecular formula is C17H26ClN3O3S. The van der Waals surface area contributed by atoms with E-state index in [4.69, 9.17) is 0 Å². The van der Waals surface area contributed by atoms with Crippen molar-refractivity contribution in [3.63, 3.8) is 0 Å². The molecule has 6 nitrogen and oxygen atoms in total. The third-order valence-electron chi connectivity index (χ3n) is 4.83. The summed E-state index contributed by atoms with van der Waals surface area (Å²) in [5.41, 5.74) is 0.422. The molecule has 140 valence electrons. The Morgan fingerprint density at radius 2 is 1.92 bits per heavy atom. The van der Waals surface area contributed by atoms with Crippen molar-refractivity contribution in [2.75, 3.05) is 26.7 Å². The van der Waals surface area contributed by atoms with Crippen LogP contribution in [0.4, 0.5) is 0 Å². The Hall–Kier alpha value is -1.15. The largest absolute Gasteiger partial charge is 0.339 e. The molecule has 1 aromatic carbocycles. The maximum atomic E-state index is 12.7. The predicted octanol–water partition coefficient (Wildman–Crippen LogP) is 1.62. The first kappa shape index (κ1) is 20.2. The Morgan fingerprint density at radius 1 is 1.24 bits per heavy atom. The number of benzene rings is 1. The van der Waals surface area contributed by atoms with Crippen molar-refractivity contribution < 1.29 is 13.2 Å². The van der Waals surface area contributed by atoms with Gasteiger partial charge in [0.2, 0.25) is 10.0 Å². The van der Waals surface area contributed by atoms with E-state index in [-0.39, 0.29) is 29.3 Å². The molecule has 1 aliphatic heterocycles. The number of hydrogen-bond donors (Lipinski definition) is 2. The van der Waals surface area contributed by atoms with Gasteiger partial charge in [-0.25, -0.2) is 13.1 Å². The van der Waals surface area contributed by atoms with Gasteiger partial charge in [-0.15, -0.1) is 12.4 Å². The highest BCUT2D eigenvalue weighted by atomic mass is 35.5. The SMILES string of the molecule is CN(C(=O)c1cccc(S(=O)(=O)NCC2CC2)c1)C1CCNCC1.Cl. The molecule has 1 saturated carbocycles. The molecule has 3 rings (SSSR count). The van der Waals surface area contributed by atoms with Gasteiger partial charge in [0.1, 0.15) is 0 Å². The third kappa shape index (κ3) is 5.17. The van der Waals surface area contributed by atoms with E-state index < -0.39 is 10.0 Å². The van der Waals surface area contributed by atoms with Crippen LogP contribution < -0.4 is 10.0 Å². The van der Waals surface area contributed by atoms with E-state index in [0.29, 0.717) is 18.0 Å². The topological polar surface area (TPSA) is 78.5 Å². The molecule has 1 heterocycles. The standard InChI is InChI=1S/C17H25N3O3S.ClH/c1-20(15-7-9-18-10-8-15)17(21)14-3-2-4-16(11-14)24(22,23)19-12-13-5-6-13;/h2-4,11,13,15,18-19H,5-10,12H2,1H3;1H. The summed E-state index contributed by atoms with van der Waals surface area (Å²) in [5, 5.41) is 3.28. The van der Waals surface area contributed by atoms with E-state index in [2.05, 4.69) is 10.0 Å². The minimum Gasteiger partial charge on any atom is -0.339 e. The Kier molecular flexibility index (Phi) is 6.85. The number of rotatable bonds is 6.